The molecule has 2 aliphatic heterocycles. The van der Waals surface area contributed by atoms with Gasteiger partial charge in [-0.2, -0.15) is 0 Å². The van der Waals surface area contributed by atoms with E-state index in [4.69, 9.17) is 9.47 Å². The molecule has 2 aliphatic rings. The molecule has 3 aromatic rings. The lowest BCUT2D eigenvalue weighted by Gasteiger charge is -2.32. The van der Waals surface area contributed by atoms with Crippen molar-refractivity contribution in [1.29, 1.82) is 0 Å². The van der Waals surface area contributed by atoms with Crippen molar-refractivity contribution >= 4 is 11.4 Å². The molecule has 0 aromatic heterocycles. The van der Waals surface area contributed by atoms with Gasteiger partial charge < -0.3 is 14.4 Å². The van der Waals surface area contributed by atoms with Gasteiger partial charge in [-0.1, -0.05) is 24.3 Å². The van der Waals surface area contributed by atoms with Crippen LogP contribution in [0.1, 0.15) is 24.0 Å². The number of nitrogens with zero attached hydrogens (tertiary/aromatic N) is 2. The van der Waals surface area contributed by atoms with Crippen LogP contribution in [0, 0.1) is 5.82 Å². The third kappa shape index (κ3) is 4.30. The Hall–Kier alpha value is -3.05. The van der Waals surface area contributed by atoms with Gasteiger partial charge in [-0.05, 0) is 73.8 Å². The summed E-state index contributed by atoms with van der Waals surface area (Å²) in [5.41, 5.74) is 4.31. The van der Waals surface area contributed by atoms with Gasteiger partial charge >= 0.3 is 0 Å². The SMILES string of the molecule is COc1ccc(CCN2CCCC2CN2c3ccc(F)cc3COc3ccccc32)cc1. The Balaban J connectivity index is 1.36. The molecule has 1 fully saturated rings. The number of hydrogen-bond acceptors (Lipinski definition) is 4. The highest BCUT2D eigenvalue weighted by molar-refractivity contribution is 5.73. The average Bonchev–Trinajstić information content (AvgIpc) is 3.21. The van der Waals surface area contributed by atoms with Gasteiger partial charge in [0.2, 0.25) is 0 Å². The molecule has 5 heteroatoms. The molecule has 166 valence electrons. The number of rotatable bonds is 6. The van der Waals surface area contributed by atoms with Crippen LogP contribution in [0.15, 0.2) is 66.7 Å². The Morgan fingerprint density at radius 3 is 2.72 bits per heavy atom. The summed E-state index contributed by atoms with van der Waals surface area (Å²) in [6, 6.07) is 22.0. The first kappa shape index (κ1) is 20.8. The largest absolute Gasteiger partial charge is 0.497 e. The summed E-state index contributed by atoms with van der Waals surface area (Å²) in [4.78, 5) is 4.93. The minimum atomic E-state index is -0.222. The van der Waals surface area contributed by atoms with Gasteiger partial charge in [0.25, 0.3) is 0 Å². The molecular weight excluding hydrogens is 403 g/mol. The van der Waals surface area contributed by atoms with Gasteiger partial charge in [0.1, 0.15) is 23.9 Å². The predicted molar refractivity (Wildman–Crippen MR) is 125 cm³/mol. The zero-order valence-electron chi connectivity index (χ0n) is 18.5. The van der Waals surface area contributed by atoms with Crippen molar-refractivity contribution in [2.75, 3.05) is 31.6 Å². The molecular formula is C27H29FN2O2. The third-order valence-electron chi connectivity index (χ3n) is 6.61. The van der Waals surface area contributed by atoms with Gasteiger partial charge in [-0.3, -0.25) is 4.90 Å². The van der Waals surface area contributed by atoms with E-state index >= 15 is 0 Å². The number of benzene rings is 3. The molecule has 0 radical (unpaired) electrons. The molecule has 1 atom stereocenters. The molecule has 1 saturated heterocycles. The Morgan fingerprint density at radius 1 is 1.03 bits per heavy atom. The molecule has 32 heavy (non-hydrogen) atoms. The van der Waals surface area contributed by atoms with Crippen LogP contribution in [0.2, 0.25) is 0 Å². The summed E-state index contributed by atoms with van der Waals surface area (Å²) < 4.78 is 25.3. The normalized spacial score (nSPS) is 17.9. The van der Waals surface area contributed by atoms with E-state index in [0.29, 0.717) is 12.6 Å². The van der Waals surface area contributed by atoms with Crippen molar-refractivity contribution in [2.24, 2.45) is 0 Å². The lowest BCUT2D eigenvalue weighted by Crippen LogP contribution is -2.39. The monoisotopic (exact) mass is 432 g/mol. The fourth-order valence-corrected chi connectivity index (χ4v) is 4.89. The summed E-state index contributed by atoms with van der Waals surface area (Å²) in [5, 5.41) is 0. The van der Waals surface area contributed by atoms with Crippen LogP contribution in [-0.2, 0) is 13.0 Å². The highest BCUT2D eigenvalue weighted by Gasteiger charge is 2.30. The van der Waals surface area contributed by atoms with Gasteiger partial charge in [0, 0.05) is 30.4 Å². The summed E-state index contributed by atoms with van der Waals surface area (Å²) in [6.07, 6.45) is 3.39. The first-order chi connectivity index (χ1) is 15.7. The number of anilines is 2. The maximum Gasteiger partial charge on any atom is 0.143 e. The highest BCUT2D eigenvalue weighted by Crippen LogP contribution is 2.40. The van der Waals surface area contributed by atoms with E-state index in [-0.39, 0.29) is 5.82 Å². The van der Waals surface area contributed by atoms with Gasteiger partial charge in [-0.15, -0.1) is 0 Å². The Labute approximate surface area is 189 Å². The second-order valence-electron chi connectivity index (χ2n) is 8.57. The van der Waals surface area contributed by atoms with Crippen LogP contribution < -0.4 is 14.4 Å². The van der Waals surface area contributed by atoms with Gasteiger partial charge in [0.05, 0.1) is 12.8 Å². The lowest BCUT2D eigenvalue weighted by molar-refractivity contribution is 0.261. The molecule has 5 rings (SSSR count). The first-order valence-corrected chi connectivity index (χ1v) is 11.4. The summed E-state index contributed by atoms with van der Waals surface area (Å²) >= 11 is 0. The Morgan fingerprint density at radius 2 is 1.88 bits per heavy atom. The quantitative estimate of drug-likeness (QED) is 0.508. The Kier molecular flexibility index (Phi) is 5.99. The number of fused-ring (bicyclic) bond motifs is 2. The van der Waals surface area contributed by atoms with Crippen molar-refractivity contribution in [3.8, 4) is 11.5 Å². The van der Waals surface area contributed by atoms with E-state index in [9.17, 15) is 4.39 Å². The lowest BCUT2D eigenvalue weighted by atomic mass is 10.1. The van der Waals surface area contributed by atoms with Crippen LogP contribution in [-0.4, -0.2) is 37.7 Å². The standard InChI is InChI=1S/C27H29FN2O2/c1-31-24-11-8-20(9-12-24)14-16-29-15-4-5-23(29)18-30-25-13-10-22(28)17-21(25)19-32-27-7-3-2-6-26(27)30/h2-3,6-13,17,23H,4-5,14-16,18-19H2,1H3. The van der Waals surface area contributed by atoms with E-state index in [2.05, 4.69) is 28.0 Å². The topological polar surface area (TPSA) is 24.9 Å². The molecule has 0 saturated carbocycles. The number of halogens is 1. The molecule has 0 bridgehead atoms. The van der Waals surface area contributed by atoms with Crippen molar-refractivity contribution in [3.05, 3.63) is 83.7 Å². The minimum Gasteiger partial charge on any atom is -0.497 e. The average molecular weight is 433 g/mol. The van der Waals surface area contributed by atoms with Crippen LogP contribution in [0.3, 0.4) is 0 Å². The number of ether oxygens (including phenoxy) is 2. The fraction of sp³-hybridized carbons (Fsp3) is 0.333. The summed E-state index contributed by atoms with van der Waals surface area (Å²) in [5.74, 6) is 1.53. The number of para-hydroxylation sites is 2. The summed E-state index contributed by atoms with van der Waals surface area (Å²) in [6.45, 7) is 3.39. The van der Waals surface area contributed by atoms with E-state index in [0.717, 1.165) is 54.5 Å². The second-order valence-corrected chi connectivity index (χ2v) is 8.57. The van der Waals surface area contributed by atoms with E-state index in [1.54, 1.807) is 19.2 Å². The van der Waals surface area contributed by atoms with Crippen LogP contribution in [0.5, 0.6) is 11.5 Å². The van der Waals surface area contributed by atoms with Crippen molar-refractivity contribution in [2.45, 2.75) is 31.9 Å². The second kappa shape index (κ2) is 9.21. The van der Waals surface area contributed by atoms with Crippen molar-refractivity contribution in [3.63, 3.8) is 0 Å². The number of methoxy groups -OCH3 is 1. The molecule has 3 aromatic carbocycles. The fourth-order valence-electron chi connectivity index (χ4n) is 4.89. The van der Waals surface area contributed by atoms with E-state index in [1.807, 2.05) is 36.4 Å². The molecule has 0 aliphatic carbocycles. The van der Waals surface area contributed by atoms with Crippen LogP contribution in [0.25, 0.3) is 0 Å². The smallest absolute Gasteiger partial charge is 0.143 e. The van der Waals surface area contributed by atoms with Crippen LogP contribution >= 0.6 is 0 Å². The third-order valence-corrected chi connectivity index (χ3v) is 6.61. The minimum absolute atomic E-state index is 0.222. The molecule has 0 spiro atoms. The van der Waals surface area contributed by atoms with E-state index < -0.39 is 0 Å². The van der Waals surface area contributed by atoms with Gasteiger partial charge in [0.15, 0.2) is 0 Å². The highest BCUT2D eigenvalue weighted by atomic mass is 19.1. The maximum absolute atomic E-state index is 14.0. The van der Waals surface area contributed by atoms with Gasteiger partial charge in [-0.25, -0.2) is 4.39 Å². The molecule has 1 unspecified atom stereocenters. The molecule has 0 amide bonds. The van der Waals surface area contributed by atoms with E-state index in [1.165, 1.54) is 18.4 Å². The molecule has 2 heterocycles. The molecule has 4 nitrogen and oxygen atoms in total. The first-order valence-electron chi connectivity index (χ1n) is 11.4. The van der Waals surface area contributed by atoms with Crippen molar-refractivity contribution < 1.29 is 13.9 Å². The van der Waals surface area contributed by atoms with Crippen LogP contribution in [0.4, 0.5) is 15.8 Å². The zero-order valence-corrected chi connectivity index (χ0v) is 18.5. The Bertz CT molecular complexity index is 1070. The van der Waals surface area contributed by atoms with Crippen molar-refractivity contribution in [1.82, 2.24) is 4.90 Å². The zero-order chi connectivity index (χ0) is 21.9. The maximum atomic E-state index is 14.0. The predicted octanol–water partition coefficient (Wildman–Crippen LogP) is 5.57. The molecule has 0 N–H and O–H groups in total. The number of hydrogen-bond donors (Lipinski definition) is 0. The number of likely N-dealkylation sites (tertiary alicyclic amines) is 1. The summed E-state index contributed by atoms with van der Waals surface area (Å²) in [7, 11) is 1.70.